The standard InChI is InChI=1S/C75H79B2F6N5O6Si/c1-45(2)69(89)19-10-11-31-87(41-52-33-54(74(78,79)80)23-26-65(52)76(91)92)44-64-57-18-9-8-17-56(57)63(43-88(32-14-30-86-73(90)46(3)4)42-53-34-55(75(81,82)83)24-27-66(53)77(93)94)58-25-22-49(36-60(58)64)48-21-20-47(5)59(35-48)72-61-37-50-15-12-28-84-67(50)39-70(61)95(6,7)71-40-68-51(38-62(71)72)16-13-29-85-68/h8-9,17-18,20-27,33-40,84,91-94H,1,3,10-16,19,28-32,41-44H2,2,4-7H3,(H,86,90). The third-order valence-corrected chi connectivity index (χ3v) is 22.8. The predicted octanol–water partition coefficient (Wildman–Crippen LogP) is 10.1. The highest BCUT2D eigenvalue weighted by Gasteiger charge is 2.38. The maximum absolute atomic E-state index is 14.6. The van der Waals surface area contributed by atoms with Gasteiger partial charge in [-0.15, -0.1) is 0 Å². The molecule has 0 aromatic heterocycles. The Balaban J connectivity index is 1.13. The molecule has 95 heavy (non-hydrogen) atoms. The number of carbonyl (C=O) groups excluding carboxylic acids is 2. The number of alkyl halides is 6. The van der Waals surface area contributed by atoms with E-state index in [1.54, 1.807) is 13.8 Å². The fourth-order valence-electron chi connectivity index (χ4n) is 14.1. The molecular formula is C75H79B2F6N5O6Si. The van der Waals surface area contributed by atoms with Crippen LogP contribution >= 0.6 is 0 Å². The zero-order chi connectivity index (χ0) is 67.8. The topological polar surface area (TPSA) is 158 Å². The summed E-state index contributed by atoms with van der Waals surface area (Å²) in [6.45, 7) is 20.1. The van der Waals surface area contributed by atoms with Crippen LogP contribution in [-0.4, -0.2) is 96.6 Å². The van der Waals surface area contributed by atoms with Crippen LogP contribution in [0.5, 0.6) is 0 Å². The van der Waals surface area contributed by atoms with Gasteiger partial charge in [0, 0.05) is 70.0 Å². The summed E-state index contributed by atoms with van der Waals surface area (Å²) in [5, 5.41) is 57.2. The van der Waals surface area contributed by atoms with E-state index in [4.69, 9.17) is 4.99 Å². The first-order chi connectivity index (χ1) is 45.2. The lowest BCUT2D eigenvalue weighted by Gasteiger charge is -2.35. The number of halogens is 6. The molecule has 0 spiro atoms. The van der Waals surface area contributed by atoms with E-state index in [1.807, 2.05) is 40.1 Å². The second kappa shape index (κ2) is 28.0. The second-order valence-corrected chi connectivity index (χ2v) is 30.8. The van der Waals surface area contributed by atoms with E-state index in [-0.39, 0.29) is 86.0 Å². The van der Waals surface area contributed by atoms with Crippen molar-refractivity contribution in [1.29, 1.82) is 0 Å². The van der Waals surface area contributed by atoms with Gasteiger partial charge in [0.1, 0.15) is 8.07 Å². The van der Waals surface area contributed by atoms with Gasteiger partial charge in [-0.2, -0.15) is 26.3 Å². The Morgan fingerprint density at radius 1 is 0.632 bits per heavy atom. The number of carbonyl (C=O) groups is 2. The zero-order valence-corrected chi connectivity index (χ0v) is 55.4. The Hall–Kier alpha value is -7.94. The summed E-state index contributed by atoms with van der Waals surface area (Å²) >= 11 is 0. The number of Topliss-reactive ketones (excluding diaryl/α,β-unsaturated/α-hetero) is 1. The van der Waals surface area contributed by atoms with Crippen molar-refractivity contribution in [1.82, 2.24) is 15.1 Å². The van der Waals surface area contributed by atoms with Crippen LogP contribution in [0.4, 0.5) is 32.0 Å². The molecule has 492 valence electrons. The third-order valence-electron chi connectivity index (χ3n) is 19.2. The molecule has 0 aliphatic carbocycles. The first-order valence-corrected chi connectivity index (χ1v) is 35.6. The van der Waals surface area contributed by atoms with Crippen molar-refractivity contribution >= 4 is 88.1 Å². The van der Waals surface area contributed by atoms with Crippen molar-refractivity contribution in [2.75, 3.05) is 38.0 Å². The fraction of sp³-hybridized carbons (Fsp3) is 0.320. The van der Waals surface area contributed by atoms with Gasteiger partial charge < -0.3 is 30.7 Å². The molecule has 3 heterocycles. The van der Waals surface area contributed by atoms with Crippen LogP contribution in [0.2, 0.25) is 13.1 Å². The summed E-state index contributed by atoms with van der Waals surface area (Å²) in [5.74, 6) is -0.479. The number of nitrogens with zero attached hydrogens (tertiary/aromatic N) is 3. The van der Waals surface area contributed by atoms with Crippen molar-refractivity contribution < 1.29 is 56.0 Å². The number of allylic oxidation sites excluding steroid dienone is 1. The first-order valence-electron chi connectivity index (χ1n) is 32.6. The number of anilines is 1. The molecule has 8 aromatic rings. The molecule has 8 aromatic carbocycles. The number of rotatable bonds is 23. The van der Waals surface area contributed by atoms with E-state index in [2.05, 4.69) is 98.4 Å². The molecule has 11 nitrogen and oxygen atoms in total. The van der Waals surface area contributed by atoms with Crippen molar-refractivity contribution in [2.45, 2.75) is 124 Å². The molecule has 3 aliphatic heterocycles. The molecular weight excluding hydrogens is 1230 g/mol. The molecule has 11 rings (SSSR count). The van der Waals surface area contributed by atoms with E-state index in [9.17, 15) is 56.0 Å². The van der Waals surface area contributed by atoms with E-state index < -0.39 is 45.8 Å². The van der Waals surface area contributed by atoms with E-state index in [0.29, 0.717) is 30.4 Å². The predicted molar refractivity (Wildman–Crippen MR) is 371 cm³/mol. The Morgan fingerprint density at radius 2 is 1.22 bits per heavy atom. The molecule has 0 bridgehead atoms. The highest BCUT2D eigenvalue weighted by atomic mass is 28.3. The molecule has 0 atom stereocenters. The van der Waals surface area contributed by atoms with Crippen molar-refractivity contribution in [3.05, 3.63) is 217 Å². The van der Waals surface area contributed by atoms with Crippen molar-refractivity contribution in [3.63, 3.8) is 0 Å². The Labute approximate surface area is 551 Å². The van der Waals surface area contributed by atoms with Crippen LogP contribution < -0.4 is 42.5 Å². The van der Waals surface area contributed by atoms with Crippen LogP contribution in [-0.2, 0) is 61.0 Å². The number of fused-ring (bicyclic) bond motifs is 6. The van der Waals surface area contributed by atoms with E-state index >= 15 is 0 Å². The highest BCUT2D eigenvalue weighted by Crippen LogP contribution is 2.41. The van der Waals surface area contributed by atoms with Gasteiger partial charge in [-0.25, -0.2) is 0 Å². The summed E-state index contributed by atoms with van der Waals surface area (Å²) in [6, 6.07) is 35.7. The number of nitrogens with one attached hydrogen (secondary N) is 2. The molecule has 20 heteroatoms. The molecule has 0 unspecified atom stereocenters. The SMILES string of the molecule is C=C(C)C(=O)CCCCN(Cc1cc(C(F)(F)F)ccc1B(O)O)Cc1c2ccccc2c(CN(CCCNC(=O)C(=C)C)Cc2cc(C(F)(F)F)ccc2B(O)O)c2ccc(-c3ccc(C)c(C4=c5cc6c(cc5[Si](C)(C)c5cc7c(cc54)CCCN7)=NCCC6)c3)cc12. The lowest BCUT2D eigenvalue weighted by molar-refractivity contribution is -0.138. The van der Waals surface area contributed by atoms with Gasteiger partial charge in [-0.1, -0.05) is 99.0 Å². The van der Waals surface area contributed by atoms with Gasteiger partial charge in [0.05, 0.1) is 16.5 Å². The normalized spacial score (nSPS) is 14.2. The summed E-state index contributed by atoms with van der Waals surface area (Å²) in [6.07, 6.45) is -4.24. The van der Waals surface area contributed by atoms with Crippen LogP contribution in [0.15, 0.2) is 151 Å². The van der Waals surface area contributed by atoms with Crippen LogP contribution in [0.1, 0.15) is 114 Å². The Morgan fingerprint density at radius 3 is 1.83 bits per heavy atom. The van der Waals surface area contributed by atoms with Crippen LogP contribution in [0, 0.1) is 6.92 Å². The number of unbranched alkanes of at least 4 members (excludes halogenated alkanes) is 1. The minimum atomic E-state index is -4.75. The molecule has 1 amide bonds. The lowest BCUT2D eigenvalue weighted by Crippen LogP contribution is -2.63. The van der Waals surface area contributed by atoms with Gasteiger partial charge in [-0.05, 0) is 241 Å². The fourth-order valence-corrected chi connectivity index (χ4v) is 17.2. The molecule has 0 saturated carbocycles. The minimum absolute atomic E-state index is 0.0319. The van der Waals surface area contributed by atoms with E-state index in [1.165, 1.54) is 38.0 Å². The summed E-state index contributed by atoms with van der Waals surface area (Å²) in [4.78, 5) is 34.6. The van der Waals surface area contributed by atoms with Gasteiger partial charge in [0.15, 0.2) is 5.78 Å². The van der Waals surface area contributed by atoms with Crippen LogP contribution in [0.25, 0.3) is 38.2 Å². The molecule has 0 fully saturated rings. The Kier molecular flexibility index (Phi) is 20.2. The van der Waals surface area contributed by atoms with E-state index in [0.717, 1.165) is 141 Å². The quantitative estimate of drug-likeness (QED) is 0.0121. The van der Waals surface area contributed by atoms with Crippen LogP contribution in [0.3, 0.4) is 0 Å². The number of amides is 1. The van der Waals surface area contributed by atoms with Gasteiger partial charge in [0.2, 0.25) is 5.91 Å². The third kappa shape index (κ3) is 14.7. The number of hydrogen-bond donors (Lipinski definition) is 6. The Bertz CT molecular complexity index is 4500. The van der Waals surface area contributed by atoms with Crippen molar-refractivity contribution in [2.24, 2.45) is 4.99 Å². The molecule has 3 aliphatic rings. The first kappa shape index (κ1) is 68.4. The monoisotopic (exact) mass is 1310 g/mol. The van der Waals surface area contributed by atoms with Gasteiger partial charge >= 0.3 is 26.6 Å². The average molecular weight is 1310 g/mol. The number of hydrogen-bond acceptors (Lipinski definition) is 10. The van der Waals surface area contributed by atoms with Crippen molar-refractivity contribution in [3.8, 4) is 11.1 Å². The number of ketones is 1. The molecule has 0 radical (unpaired) electrons. The molecule has 6 N–H and O–H groups in total. The number of aryl methyl sites for hydroxylation is 3. The second-order valence-electron chi connectivity index (χ2n) is 26.4. The maximum atomic E-state index is 14.6. The summed E-state index contributed by atoms with van der Waals surface area (Å²) in [7, 11) is -6.55. The zero-order valence-electron chi connectivity index (χ0n) is 54.4. The summed E-state index contributed by atoms with van der Waals surface area (Å²) < 4.78 is 87.3. The van der Waals surface area contributed by atoms with Gasteiger partial charge in [-0.3, -0.25) is 24.4 Å². The maximum Gasteiger partial charge on any atom is 0.488 e. The smallest absolute Gasteiger partial charge is 0.423 e. The van der Waals surface area contributed by atoms with Gasteiger partial charge in [0.25, 0.3) is 0 Å². The lowest BCUT2D eigenvalue weighted by atomic mass is 9.76. The largest absolute Gasteiger partial charge is 0.488 e. The average Bonchev–Trinajstić information content (AvgIpc) is 0.712. The minimum Gasteiger partial charge on any atom is -0.423 e. The highest BCUT2D eigenvalue weighted by molar-refractivity contribution is 7.01. The summed E-state index contributed by atoms with van der Waals surface area (Å²) in [5.41, 5.74) is 10.2. The number of benzene rings is 8. The molecule has 0 saturated heterocycles.